The van der Waals surface area contributed by atoms with Crippen LogP contribution < -0.4 is 15.7 Å². The molecule has 1 saturated heterocycles. The number of hydroxylamine groups is 1. The summed E-state index contributed by atoms with van der Waals surface area (Å²) in [6.07, 6.45) is 2.23. The first-order valence-corrected chi connectivity index (χ1v) is 7.31. The number of rotatable bonds is 5. The molecule has 0 saturated carbocycles. The minimum absolute atomic E-state index is 0.370. The lowest BCUT2D eigenvalue weighted by Gasteiger charge is -2.22. The van der Waals surface area contributed by atoms with E-state index in [1.807, 2.05) is 6.07 Å². The number of anilines is 2. The Labute approximate surface area is 129 Å². The Morgan fingerprint density at radius 1 is 1.27 bits per heavy atom. The van der Waals surface area contributed by atoms with Crippen molar-refractivity contribution in [3.05, 3.63) is 23.8 Å². The molecule has 1 fully saturated rings. The summed E-state index contributed by atoms with van der Waals surface area (Å²) in [6, 6.07) is 4.66. The molecule has 1 aromatic carbocycles. The molecule has 2 N–H and O–H groups in total. The first-order valence-electron chi connectivity index (χ1n) is 7.31. The van der Waals surface area contributed by atoms with E-state index in [4.69, 9.17) is 9.57 Å². The fourth-order valence-corrected chi connectivity index (χ4v) is 2.40. The highest BCUT2D eigenvalue weighted by Gasteiger charge is 2.19. The van der Waals surface area contributed by atoms with Crippen molar-refractivity contribution in [3.8, 4) is 0 Å². The highest BCUT2D eigenvalue weighted by molar-refractivity contribution is 5.97. The highest BCUT2D eigenvalue weighted by atomic mass is 16.7. The van der Waals surface area contributed by atoms with Gasteiger partial charge in [-0.3, -0.25) is 4.84 Å². The fraction of sp³-hybridized carbons (Fsp3) is 0.467. The quantitative estimate of drug-likeness (QED) is 0.643. The zero-order chi connectivity index (χ0) is 15.9. The van der Waals surface area contributed by atoms with Crippen molar-refractivity contribution in [2.45, 2.75) is 19.8 Å². The van der Waals surface area contributed by atoms with Crippen LogP contribution in [0.5, 0.6) is 0 Å². The fourth-order valence-electron chi connectivity index (χ4n) is 2.40. The summed E-state index contributed by atoms with van der Waals surface area (Å²) in [5.41, 5.74) is 4.11. The molecule has 1 aromatic rings. The van der Waals surface area contributed by atoms with Gasteiger partial charge in [0.2, 0.25) is 0 Å². The average molecular weight is 307 g/mol. The van der Waals surface area contributed by atoms with E-state index in [0.717, 1.165) is 31.6 Å². The molecule has 7 nitrogen and oxygen atoms in total. The monoisotopic (exact) mass is 307 g/mol. The number of esters is 1. The van der Waals surface area contributed by atoms with E-state index in [1.54, 1.807) is 19.1 Å². The predicted octanol–water partition coefficient (Wildman–Crippen LogP) is 2.15. The Balaban J connectivity index is 2.24. The van der Waals surface area contributed by atoms with Crippen molar-refractivity contribution >= 4 is 23.4 Å². The number of nitrogens with one attached hydrogen (secondary N) is 2. The molecule has 22 heavy (non-hydrogen) atoms. The lowest BCUT2D eigenvalue weighted by atomic mass is 10.1. The van der Waals surface area contributed by atoms with Crippen molar-refractivity contribution in [2.24, 2.45) is 0 Å². The van der Waals surface area contributed by atoms with Crippen LogP contribution >= 0.6 is 0 Å². The van der Waals surface area contributed by atoms with Crippen molar-refractivity contribution in [1.82, 2.24) is 5.48 Å². The largest absolute Gasteiger partial charge is 0.465 e. The average Bonchev–Trinajstić information content (AvgIpc) is 3.06. The zero-order valence-corrected chi connectivity index (χ0v) is 12.8. The summed E-state index contributed by atoms with van der Waals surface area (Å²) >= 11 is 0. The van der Waals surface area contributed by atoms with E-state index in [2.05, 4.69) is 15.7 Å². The van der Waals surface area contributed by atoms with Crippen LogP contribution in [-0.2, 0) is 9.57 Å². The van der Waals surface area contributed by atoms with Crippen LogP contribution in [0.25, 0.3) is 0 Å². The molecule has 120 valence electrons. The third-order valence-electron chi connectivity index (χ3n) is 3.42. The molecule has 0 bridgehead atoms. The summed E-state index contributed by atoms with van der Waals surface area (Å²) in [5, 5.41) is 2.72. The molecule has 0 aromatic heterocycles. The van der Waals surface area contributed by atoms with Crippen LogP contribution in [0.4, 0.5) is 16.2 Å². The summed E-state index contributed by atoms with van der Waals surface area (Å²) in [4.78, 5) is 30.5. The zero-order valence-electron chi connectivity index (χ0n) is 12.8. The maximum atomic E-state index is 11.8. The normalized spacial score (nSPS) is 13.8. The summed E-state index contributed by atoms with van der Waals surface area (Å²) in [5.74, 6) is -0.443. The number of ether oxygens (including phenoxy) is 1. The Kier molecular flexibility index (Phi) is 5.60. The third kappa shape index (κ3) is 3.88. The molecule has 0 unspecified atom stereocenters. The number of benzene rings is 1. The van der Waals surface area contributed by atoms with Crippen LogP contribution in [0, 0.1) is 0 Å². The molecule has 0 radical (unpaired) electrons. The van der Waals surface area contributed by atoms with Gasteiger partial charge in [0.15, 0.2) is 0 Å². The molecule has 7 heteroatoms. The minimum atomic E-state index is -0.482. The molecule has 1 heterocycles. The third-order valence-corrected chi connectivity index (χ3v) is 3.42. The molecule has 0 aliphatic carbocycles. The second-order valence-electron chi connectivity index (χ2n) is 4.91. The summed E-state index contributed by atoms with van der Waals surface area (Å²) in [6.45, 7) is 4.00. The smallest absolute Gasteiger partial charge is 0.343 e. The Morgan fingerprint density at radius 3 is 2.64 bits per heavy atom. The SMILES string of the molecule is CCONC(=O)Nc1cc(C(=O)OC)ccc1N1CCCC1. The molecular weight excluding hydrogens is 286 g/mol. The van der Waals surface area contributed by atoms with Crippen LogP contribution in [0.3, 0.4) is 0 Å². The first kappa shape index (κ1) is 16.1. The van der Waals surface area contributed by atoms with E-state index in [1.165, 1.54) is 7.11 Å². The Bertz CT molecular complexity index is 542. The van der Waals surface area contributed by atoms with Gasteiger partial charge < -0.3 is 15.0 Å². The maximum absolute atomic E-state index is 11.8. The van der Waals surface area contributed by atoms with E-state index in [9.17, 15) is 9.59 Å². The number of hydrogen-bond donors (Lipinski definition) is 2. The van der Waals surface area contributed by atoms with E-state index >= 15 is 0 Å². The van der Waals surface area contributed by atoms with E-state index in [-0.39, 0.29) is 0 Å². The van der Waals surface area contributed by atoms with Crippen molar-refractivity contribution in [1.29, 1.82) is 0 Å². The van der Waals surface area contributed by atoms with E-state index < -0.39 is 12.0 Å². The van der Waals surface area contributed by atoms with Gasteiger partial charge in [-0.25, -0.2) is 15.1 Å². The molecule has 2 rings (SSSR count). The number of amides is 2. The number of carbonyl (C=O) groups is 2. The van der Waals surface area contributed by atoms with Gasteiger partial charge in [0.05, 0.1) is 30.7 Å². The second kappa shape index (κ2) is 7.65. The van der Waals surface area contributed by atoms with Crippen molar-refractivity contribution in [3.63, 3.8) is 0 Å². The molecular formula is C15H21N3O4. The van der Waals surface area contributed by atoms with Crippen LogP contribution in [0.2, 0.25) is 0 Å². The lowest BCUT2D eigenvalue weighted by Crippen LogP contribution is -2.30. The topological polar surface area (TPSA) is 79.9 Å². The van der Waals surface area contributed by atoms with Gasteiger partial charge in [0, 0.05) is 13.1 Å². The van der Waals surface area contributed by atoms with Gasteiger partial charge in [-0.15, -0.1) is 0 Å². The Hall–Kier alpha value is -2.28. The number of urea groups is 1. The van der Waals surface area contributed by atoms with Crippen LogP contribution in [-0.4, -0.2) is 38.8 Å². The van der Waals surface area contributed by atoms with Crippen LogP contribution in [0.1, 0.15) is 30.1 Å². The van der Waals surface area contributed by atoms with Gasteiger partial charge in [-0.2, -0.15) is 0 Å². The molecule has 0 atom stereocenters. The molecule has 1 aliphatic heterocycles. The van der Waals surface area contributed by atoms with Gasteiger partial charge in [-0.1, -0.05) is 0 Å². The van der Waals surface area contributed by atoms with Crippen LogP contribution in [0.15, 0.2) is 18.2 Å². The van der Waals surface area contributed by atoms with Gasteiger partial charge in [0.1, 0.15) is 0 Å². The van der Waals surface area contributed by atoms with Gasteiger partial charge in [-0.05, 0) is 38.0 Å². The molecule has 0 spiro atoms. The maximum Gasteiger partial charge on any atom is 0.343 e. The second-order valence-corrected chi connectivity index (χ2v) is 4.91. The summed E-state index contributed by atoms with van der Waals surface area (Å²) < 4.78 is 4.72. The lowest BCUT2D eigenvalue weighted by molar-refractivity contribution is 0.0600. The van der Waals surface area contributed by atoms with Gasteiger partial charge in [0.25, 0.3) is 0 Å². The predicted molar refractivity (Wildman–Crippen MR) is 83.0 cm³/mol. The molecule has 2 amide bonds. The number of carbonyl (C=O) groups excluding carboxylic acids is 2. The number of methoxy groups -OCH3 is 1. The highest BCUT2D eigenvalue weighted by Crippen LogP contribution is 2.30. The standard InChI is InChI=1S/C15H21N3O4/c1-3-22-17-15(20)16-12-10-11(14(19)21-2)6-7-13(12)18-8-4-5-9-18/h6-7,10H,3-5,8-9H2,1-2H3,(H2,16,17,20). The Morgan fingerprint density at radius 2 is 2.00 bits per heavy atom. The summed E-state index contributed by atoms with van der Waals surface area (Å²) in [7, 11) is 1.33. The minimum Gasteiger partial charge on any atom is -0.465 e. The van der Waals surface area contributed by atoms with E-state index in [0.29, 0.717) is 17.9 Å². The van der Waals surface area contributed by atoms with Crippen molar-refractivity contribution in [2.75, 3.05) is 37.0 Å². The first-order chi connectivity index (χ1) is 10.7. The van der Waals surface area contributed by atoms with Crippen molar-refractivity contribution < 1.29 is 19.2 Å². The number of nitrogens with zero attached hydrogens (tertiary/aromatic N) is 1. The van der Waals surface area contributed by atoms with Gasteiger partial charge >= 0.3 is 12.0 Å². The molecule has 1 aliphatic rings. The number of hydrogen-bond acceptors (Lipinski definition) is 5.